The summed E-state index contributed by atoms with van der Waals surface area (Å²) in [6.07, 6.45) is 3.30. The second-order valence-electron chi connectivity index (χ2n) is 4.74. The lowest BCUT2D eigenvalue weighted by Gasteiger charge is -2.16. The summed E-state index contributed by atoms with van der Waals surface area (Å²) < 4.78 is 0. The van der Waals surface area contributed by atoms with Crippen LogP contribution in [0.5, 0.6) is 0 Å². The highest BCUT2D eigenvalue weighted by atomic mass is 16.3. The third-order valence-corrected chi connectivity index (χ3v) is 2.51. The van der Waals surface area contributed by atoms with Gasteiger partial charge in [0.15, 0.2) is 0 Å². The van der Waals surface area contributed by atoms with E-state index in [1.807, 2.05) is 6.92 Å². The van der Waals surface area contributed by atoms with Gasteiger partial charge in [0.1, 0.15) is 0 Å². The number of nitrogens with one attached hydrogen (secondary N) is 1. The van der Waals surface area contributed by atoms with Crippen LogP contribution in [0.25, 0.3) is 0 Å². The maximum absolute atomic E-state index is 9.19. The van der Waals surface area contributed by atoms with Crippen molar-refractivity contribution in [3.05, 3.63) is 0 Å². The third kappa shape index (κ3) is 8.52. The van der Waals surface area contributed by atoms with Crippen LogP contribution in [0.4, 0.5) is 0 Å². The molecule has 0 aromatic heterocycles. The van der Waals surface area contributed by atoms with Gasteiger partial charge in [-0.05, 0) is 44.7 Å². The zero-order valence-electron chi connectivity index (χ0n) is 10.2. The molecule has 0 bridgehead atoms. The molecule has 14 heavy (non-hydrogen) atoms. The molecule has 0 aliphatic heterocycles. The van der Waals surface area contributed by atoms with Crippen molar-refractivity contribution in [2.75, 3.05) is 13.1 Å². The van der Waals surface area contributed by atoms with Gasteiger partial charge in [0.25, 0.3) is 0 Å². The Morgan fingerprint density at radius 2 is 1.64 bits per heavy atom. The molecule has 0 radical (unpaired) electrons. The van der Waals surface area contributed by atoms with Crippen LogP contribution < -0.4 is 5.32 Å². The van der Waals surface area contributed by atoms with Crippen molar-refractivity contribution in [2.45, 2.75) is 53.1 Å². The SMILES string of the molecule is CCCC(C)CNCC(C)CC(C)O. The van der Waals surface area contributed by atoms with Gasteiger partial charge in [0, 0.05) is 0 Å². The molecule has 0 aliphatic rings. The first kappa shape index (κ1) is 13.9. The number of aliphatic hydroxyl groups is 1. The molecule has 0 aliphatic carbocycles. The fourth-order valence-corrected chi connectivity index (χ4v) is 1.84. The fourth-order valence-electron chi connectivity index (χ4n) is 1.84. The Morgan fingerprint density at radius 1 is 1.07 bits per heavy atom. The highest BCUT2D eigenvalue weighted by molar-refractivity contribution is 4.62. The molecule has 0 saturated heterocycles. The summed E-state index contributed by atoms with van der Waals surface area (Å²) in [5, 5.41) is 12.7. The Kier molecular flexibility index (Phi) is 8.20. The van der Waals surface area contributed by atoms with Crippen molar-refractivity contribution in [3.8, 4) is 0 Å². The predicted octanol–water partition coefficient (Wildman–Crippen LogP) is 2.42. The van der Waals surface area contributed by atoms with E-state index in [1.165, 1.54) is 12.8 Å². The fraction of sp³-hybridized carbons (Fsp3) is 1.00. The molecule has 0 amide bonds. The van der Waals surface area contributed by atoms with Crippen molar-refractivity contribution in [2.24, 2.45) is 11.8 Å². The molecule has 0 spiro atoms. The van der Waals surface area contributed by atoms with Gasteiger partial charge in [0.2, 0.25) is 0 Å². The van der Waals surface area contributed by atoms with Crippen LogP contribution in [0.2, 0.25) is 0 Å². The van der Waals surface area contributed by atoms with Gasteiger partial charge in [0.05, 0.1) is 6.10 Å². The van der Waals surface area contributed by atoms with Gasteiger partial charge >= 0.3 is 0 Å². The lowest BCUT2D eigenvalue weighted by atomic mass is 10.0. The molecule has 0 saturated carbocycles. The van der Waals surface area contributed by atoms with Gasteiger partial charge in [-0.1, -0.05) is 27.2 Å². The van der Waals surface area contributed by atoms with Crippen LogP contribution in [0, 0.1) is 11.8 Å². The molecule has 0 rings (SSSR count). The summed E-state index contributed by atoms with van der Waals surface area (Å²) in [6.45, 7) is 10.7. The Balaban J connectivity index is 3.34. The Labute approximate surface area is 89.1 Å². The van der Waals surface area contributed by atoms with Gasteiger partial charge < -0.3 is 10.4 Å². The zero-order valence-corrected chi connectivity index (χ0v) is 10.2. The van der Waals surface area contributed by atoms with Gasteiger partial charge in [-0.3, -0.25) is 0 Å². The first-order chi connectivity index (χ1) is 6.56. The lowest BCUT2D eigenvalue weighted by Crippen LogP contribution is -2.27. The Hall–Kier alpha value is -0.0800. The average Bonchev–Trinajstić information content (AvgIpc) is 2.02. The van der Waals surface area contributed by atoms with Crippen LogP contribution in [0.15, 0.2) is 0 Å². The van der Waals surface area contributed by atoms with E-state index in [1.54, 1.807) is 0 Å². The summed E-state index contributed by atoms with van der Waals surface area (Å²) in [5.74, 6) is 1.35. The number of aliphatic hydroxyl groups excluding tert-OH is 1. The Bertz CT molecular complexity index is 125. The van der Waals surface area contributed by atoms with Gasteiger partial charge in [-0.25, -0.2) is 0 Å². The van der Waals surface area contributed by atoms with Crippen molar-refractivity contribution >= 4 is 0 Å². The van der Waals surface area contributed by atoms with Crippen molar-refractivity contribution in [1.82, 2.24) is 5.32 Å². The van der Waals surface area contributed by atoms with Gasteiger partial charge in [-0.15, -0.1) is 0 Å². The Morgan fingerprint density at radius 3 is 2.14 bits per heavy atom. The number of rotatable bonds is 8. The maximum Gasteiger partial charge on any atom is 0.0515 e. The normalized spacial score (nSPS) is 17.8. The minimum absolute atomic E-state index is 0.167. The third-order valence-electron chi connectivity index (χ3n) is 2.51. The number of hydrogen-bond donors (Lipinski definition) is 2. The van der Waals surface area contributed by atoms with E-state index in [4.69, 9.17) is 0 Å². The van der Waals surface area contributed by atoms with Crippen LogP contribution in [-0.2, 0) is 0 Å². The minimum Gasteiger partial charge on any atom is -0.393 e. The molecular formula is C12H27NO. The van der Waals surface area contributed by atoms with Crippen LogP contribution in [0.3, 0.4) is 0 Å². The van der Waals surface area contributed by atoms with E-state index in [0.717, 1.165) is 25.4 Å². The summed E-state index contributed by atoms with van der Waals surface area (Å²) in [5.41, 5.74) is 0. The quantitative estimate of drug-likeness (QED) is 0.632. The largest absolute Gasteiger partial charge is 0.393 e. The molecular weight excluding hydrogens is 174 g/mol. The second-order valence-corrected chi connectivity index (χ2v) is 4.74. The molecule has 0 heterocycles. The minimum atomic E-state index is -0.167. The predicted molar refractivity (Wildman–Crippen MR) is 62.4 cm³/mol. The molecule has 2 N–H and O–H groups in total. The van der Waals surface area contributed by atoms with E-state index < -0.39 is 0 Å². The highest BCUT2D eigenvalue weighted by Crippen LogP contribution is 2.06. The van der Waals surface area contributed by atoms with E-state index in [-0.39, 0.29) is 6.10 Å². The first-order valence-corrected chi connectivity index (χ1v) is 5.95. The molecule has 0 aromatic rings. The summed E-state index contributed by atoms with van der Waals surface area (Å²) in [7, 11) is 0. The van der Waals surface area contributed by atoms with E-state index >= 15 is 0 Å². The highest BCUT2D eigenvalue weighted by Gasteiger charge is 2.06. The van der Waals surface area contributed by atoms with E-state index in [0.29, 0.717) is 5.92 Å². The molecule has 3 atom stereocenters. The van der Waals surface area contributed by atoms with Crippen LogP contribution in [-0.4, -0.2) is 24.3 Å². The summed E-state index contributed by atoms with van der Waals surface area (Å²) in [6, 6.07) is 0. The van der Waals surface area contributed by atoms with Gasteiger partial charge in [-0.2, -0.15) is 0 Å². The van der Waals surface area contributed by atoms with Crippen molar-refractivity contribution < 1.29 is 5.11 Å². The van der Waals surface area contributed by atoms with Crippen LogP contribution in [0.1, 0.15) is 47.0 Å². The topological polar surface area (TPSA) is 32.3 Å². The van der Waals surface area contributed by atoms with Crippen LogP contribution >= 0.6 is 0 Å². The summed E-state index contributed by atoms with van der Waals surface area (Å²) in [4.78, 5) is 0. The molecule has 2 nitrogen and oxygen atoms in total. The molecule has 0 aromatic carbocycles. The molecule has 3 unspecified atom stereocenters. The standard InChI is InChI=1S/C12H27NO/c1-5-6-10(2)8-13-9-11(3)7-12(4)14/h10-14H,5-9H2,1-4H3. The number of hydrogen-bond acceptors (Lipinski definition) is 2. The molecule has 0 fully saturated rings. The average molecular weight is 201 g/mol. The molecule has 86 valence electrons. The van der Waals surface area contributed by atoms with Crippen molar-refractivity contribution in [3.63, 3.8) is 0 Å². The summed E-state index contributed by atoms with van der Waals surface area (Å²) >= 11 is 0. The first-order valence-electron chi connectivity index (χ1n) is 5.95. The molecule has 2 heteroatoms. The monoisotopic (exact) mass is 201 g/mol. The maximum atomic E-state index is 9.19. The second kappa shape index (κ2) is 8.25. The lowest BCUT2D eigenvalue weighted by molar-refractivity contribution is 0.163. The van der Waals surface area contributed by atoms with E-state index in [2.05, 4.69) is 26.1 Å². The smallest absolute Gasteiger partial charge is 0.0515 e. The zero-order chi connectivity index (χ0) is 11.0. The van der Waals surface area contributed by atoms with Crippen molar-refractivity contribution in [1.29, 1.82) is 0 Å². The van der Waals surface area contributed by atoms with E-state index in [9.17, 15) is 5.11 Å².